The van der Waals surface area contributed by atoms with Crippen LogP contribution >= 0.6 is 0 Å². The van der Waals surface area contributed by atoms with E-state index in [9.17, 15) is 9.59 Å². The molecule has 0 atom stereocenters. The Hall–Kier alpha value is -4.13. The van der Waals surface area contributed by atoms with Crippen LogP contribution in [0.25, 0.3) is 0 Å². The van der Waals surface area contributed by atoms with E-state index in [0.717, 1.165) is 5.56 Å². The second-order valence-corrected chi connectivity index (χ2v) is 6.62. The summed E-state index contributed by atoms with van der Waals surface area (Å²) in [7, 11) is 3.11. The Morgan fingerprint density at radius 3 is 2.29 bits per heavy atom. The van der Waals surface area contributed by atoms with Gasteiger partial charge < -0.3 is 14.8 Å². The zero-order valence-electron chi connectivity index (χ0n) is 17.5. The Morgan fingerprint density at radius 1 is 0.871 bits per heavy atom. The van der Waals surface area contributed by atoms with E-state index >= 15 is 0 Å². The lowest BCUT2D eigenvalue weighted by Gasteiger charge is -2.11. The van der Waals surface area contributed by atoms with Gasteiger partial charge in [-0.15, -0.1) is 0 Å². The second kappa shape index (κ2) is 10.1. The predicted molar refractivity (Wildman–Crippen MR) is 120 cm³/mol. The zero-order chi connectivity index (χ0) is 22.2. The van der Waals surface area contributed by atoms with Gasteiger partial charge in [-0.1, -0.05) is 30.3 Å². The summed E-state index contributed by atoms with van der Waals surface area (Å²) in [6.07, 6.45) is 1.48. The highest BCUT2D eigenvalue weighted by Crippen LogP contribution is 2.23. The molecule has 0 saturated carbocycles. The van der Waals surface area contributed by atoms with Crippen molar-refractivity contribution in [2.75, 3.05) is 19.5 Å². The van der Waals surface area contributed by atoms with Crippen molar-refractivity contribution in [2.24, 2.45) is 5.10 Å². The Balaban J connectivity index is 1.74. The molecule has 0 spiro atoms. The zero-order valence-corrected chi connectivity index (χ0v) is 17.5. The number of carbonyl (C=O) groups excluding carboxylic acids is 2. The molecule has 0 fully saturated rings. The maximum Gasteiger partial charge on any atom is 0.273 e. The lowest BCUT2D eigenvalue weighted by atomic mass is 10.1. The predicted octanol–water partition coefficient (Wildman–Crippen LogP) is 4.03. The third kappa shape index (κ3) is 5.27. The number of carbonyl (C=O) groups is 2. The minimum atomic E-state index is -0.454. The molecular formula is C24H23N3O4. The molecule has 2 amide bonds. The van der Waals surface area contributed by atoms with Gasteiger partial charge in [0.05, 0.1) is 31.7 Å². The highest BCUT2D eigenvalue weighted by molar-refractivity contribution is 6.09. The number of nitrogens with zero attached hydrogens (tertiary/aromatic N) is 1. The van der Waals surface area contributed by atoms with E-state index in [1.54, 1.807) is 61.7 Å². The van der Waals surface area contributed by atoms with Crippen LogP contribution in [0.15, 0.2) is 71.8 Å². The second-order valence-electron chi connectivity index (χ2n) is 6.62. The van der Waals surface area contributed by atoms with Crippen molar-refractivity contribution < 1.29 is 19.1 Å². The smallest absolute Gasteiger partial charge is 0.273 e. The van der Waals surface area contributed by atoms with Gasteiger partial charge in [0, 0.05) is 17.2 Å². The van der Waals surface area contributed by atoms with E-state index in [-0.39, 0.29) is 5.91 Å². The maximum absolute atomic E-state index is 12.7. The number of amides is 2. The van der Waals surface area contributed by atoms with E-state index in [1.165, 1.54) is 13.3 Å². The van der Waals surface area contributed by atoms with Crippen molar-refractivity contribution >= 4 is 23.7 Å². The molecule has 3 rings (SSSR count). The topological polar surface area (TPSA) is 89.0 Å². The van der Waals surface area contributed by atoms with Crippen LogP contribution < -0.4 is 20.2 Å². The average Bonchev–Trinajstić information content (AvgIpc) is 2.79. The number of hydrogen-bond donors (Lipinski definition) is 2. The standard InChI is InChI=1S/C24H23N3O4/c1-16-8-4-5-9-19(16)23(28)26-21-11-7-6-10-20(21)24(29)27-25-15-17-12-13-18(30-2)14-22(17)31-3/h4-15H,1-3H3,(H,26,28)(H,27,29)/b25-15+. The van der Waals surface area contributed by atoms with Gasteiger partial charge in [-0.2, -0.15) is 5.10 Å². The molecule has 31 heavy (non-hydrogen) atoms. The van der Waals surface area contributed by atoms with E-state index in [2.05, 4.69) is 15.8 Å². The molecule has 3 aromatic carbocycles. The number of hydrazone groups is 1. The number of methoxy groups -OCH3 is 2. The maximum atomic E-state index is 12.7. The van der Waals surface area contributed by atoms with Crippen molar-refractivity contribution in [2.45, 2.75) is 6.92 Å². The number of nitrogens with one attached hydrogen (secondary N) is 2. The Kier molecular flexibility index (Phi) is 7.01. The molecule has 0 heterocycles. The van der Waals surface area contributed by atoms with Gasteiger partial charge in [-0.3, -0.25) is 9.59 Å². The lowest BCUT2D eigenvalue weighted by Crippen LogP contribution is -2.21. The van der Waals surface area contributed by atoms with Crippen molar-refractivity contribution in [1.29, 1.82) is 0 Å². The van der Waals surface area contributed by atoms with E-state index < -0.39 is 5.91 Å². The summed E-state index contributed by atoms with van der Waals surface area (Å²) in [4.78, 5) is 25.3. The van der Waals surface area contributed by atoms with Gasteiger partial charge in [0.15, 0.2) is 0 Å². The van der Waals surface area contributed by atoms with Crippen LogP contribution in [0.3, 0.4) is 0 Å². The molecule has 0 aromatic heterocycles. The van der Waals surface area contributed by atoms with Crippen molar-refractivity contribution in [3.8, 4) is 11.5 Å². The highest BCUT2D eigenvalue weighted by Gasteiger charge is 2.15. The fourth-order valence-corrected chi connectivity index (χ4v) is 2.95. The Labute approximate surface area is 180 Å². The van der Waals surface area contributed by atoms with Crippen LogP contribution in [-0.2, 0) is 0 Å². The first-order valence-electron chi connectivity index (χ1n) is 9.55. The quantitative estimate of drug-likeness (QED) is 0.449. The van der Waals surface area contributed by atoms with Gasteiger partial charge in [0.1, 0.15) is 11.5 Å². The number of ether oxygens (including phenoxy) is 2. The molecule has 0 saturated heterocycles. The molecule has 7 nitrogen and oxygen atoms in total. The number of benzene rings is 3. The fraction of sp³-hybridized carbons (Fsp3) is 0.125. The summed E-state index contributed by atoms with van der Waals surface area (Å²) in [5, 5.41) is 6.82. The van der Waals surface area contributed by atoms with Crippen LogP contribution in [0, 0.1) is 6.92 Å². The van der Waals surface area contributed by atoms with Gasteiger partial charge in [-0.05, 0) is 42.8 Å². The van der Waals surface area contributed by atoms with E-state index in [4.69, 9.17) is 9.47 Å². The van der Waals surface area contributed by atoms with Gasteiger partial charge in [0.25, 0.3) is 11.8 Å². The van der Waals surface area contributed by atoms with Crippen LogP contribution in [0.1, 0.15) is 31.8 Å². The molecule has 158 valence electrons. The summed E-state index contributed by atoms with van der Waals surface area (Å²) < 4.78 is 10.5. The molecule has 3 aromatic rings. The van der Waals surface area contributed by atoms with Crippen molar-refractivity contribution in [3.63, 3.8) is 0 Å². The first-order valence-corrected chi connectivity index (χ1v) is 9.55. The van der Waals surface area contributed by atoms with Crippen LogP contribution in [0.2, 0.25) is 0 Å². The molecular weight excluding hydrogens is 394 g/mol. The first-order chi connectivity index (χ1) is 15.0. The number of rotatable bonds is 7. The van der Waals surface area contributed by atoms with Crippen LogP contribution in [-0.4, -0.2) is 32.2 Å². The molecule has 0 radical (unpaired) electrons. The number of hydrogen-bond acceptors (Lipinski definition) is 5. The van der Waals surface area contributed by atoms with Gasteiger partial charge >= 0.3 is 0 Å². The molecule has 0 aliphatic rings. The molecule has 0 bridgehead atoms. The minimum Gasteiger partial charge on any atom is -0.497 e. The first kappa shape index (κ1) is 21.6. The molecule has 7 heteroatoms. The SMILES string of the molecule is COc1ccc(/C=N/NC(=O)c2ccccc2NC(=O)c2ccccc2C)c(OC)c1. The third-order valence-electron chi connectivity index (χ3n) is 4.62. The van der Waals surface area contributed by atoms with Crippen LogP contribution in [0.4, 0.5) is 5.69 Å². The Morgan fingerprint density at radius 2 is 1.58 bits per heavy atom. The highest BCUT2D eigenvalue weighted by atomic mass is 16.5. The number of aryl methyl sites for hydroxylation is 1. The van der Waals surface area contributed by atoms with Gasteiger partial charge in [-0.25, -0.2) is 5.43 Å². The largest absolute Gasteiger partial charge is 0.497 e. The molecule has 2 N–H and O–H groups in total. The third-order valence-corrected chi connectivity index (χ3v) is 4.62. The van der Waals surface area contributed by atoms with E-state index in [0.29, 0.717) is 33.9 Å². The van der Waals surface area contributed by atoms with Gasteiger partial charge in [0.2, 0.25) is 0 Å². The number of para-hydroxylation sites is 1. The molecule has 0 unspecified atom stereocenters. The van der Waals surface area contributed by atoms with Crippen LogP contribution in [0.5, 0.6) is 11.5 Å². The average molecular weight is 417 g/mol. The summed E-state index contributed by atoms with van der Waals surface area (Å²) in [5.74, 6) is 0.467. The fourth-order valence-electron chi connectivity index (χ4n) is 2.95. The summed E-state index contributed by atoms with van der Waals surface area (Å²) in [6.45, 7) is 1.86. The number of anilines is 1. The van der Waals surface area contributed by atoms with Crippen molar-refractivity contribution in [1.82, 2.24) is 5.43 Å². The lowest BCUT2D eigenvalue weighted by molar-refractivity contribution is 0.0956. The summed E-state index contributed by atoms with van der Waals surface area (Å²) >= 11 is 0. The normalized spacial score (nSPS) is 10.5. The summed E-state index contributed by atoms with van der Waals surface area (Å²) in [5.41, 5.74) is 5.24. The summed E-state index contributed by atoms with van der Waals surface area (Å²) in [6, 6.07) is 19.3. The Bertz CT molecular complexity index is 1130. The van der Waals surface area contributed by atoms with E-state index in [1.807, 2.05) is 19.1 Å². The monoisotopic (exact) mass is 417 g/mol. The van der Waals surface area contributed by atoms with Crippen molar-refractivity contribution in [3.05, 3.63) is 89.0 Å². The molecule has 0 aliphatic carbocycles. The minimum absolute atomic E-state index is 0.287. The molecule has 0 aliphatic heterocycles.